The van der Waals surface area contributed by atoms with Gasteiger partial charge in [-0.1, -0.05) is 57.9 Å². The van der Waals surface area contributed by atoms with Gasteiger partial charge in [-0.05, 0) is 111 Å². The molecule has 0 bridgehead atoms. The molecule has 3 fully saturated rings. The number of benzene rings is 1. The maximum atomic E-state index is 14.5. The van der Waals surface area contributed by atoms with Gasteiger partial charge >= 0.3 is 0 Å². The number of halogens is 2. The first-order valence-electron chi connectivity index (χ1n) is 14.2. The zero-order valence-corrected chi connectivity index (χ0v) is 21.0. The Morgan fingerprint density at radius 2 is 1.39 bits per heavy atom. The molecule has 0 heterocycles. The van der Waals surface area contributed by atoms with E-state index < -0.39 is 11.6 Å². The molecule has 4 unspecified atom stereocenters. The second-order valence-electron chi connectivity index (χ2n) is 11.7. The van der Waals surface area contributed by atoms with Gasteiger partial charge in [0.2, 0.25) is 0 Å². The Morgan fingerprint density at radius 1 is 0.788 bits per heavy atom. The number of rotatable bonds is 9. The van der Waals surface area contributed by atoms with E-state index in [9.17, 15) is 8.78 Å². The van der Waals surface area contributed by atoms with Gasteiger partial charge < -0.3 is 0 Å². The summed E-state index contributed by atoms with van der Waals surface area (Å²) in [6.45, 7) is 5.92. The van der Waals surface area contributed by atoms with Crippen molar-refractivity contribution in [3.05, 3.63) is 47.5 Å². The second kappa shape index (κ2) is 12.0. The highest BCUT2D eigenvalue weighted by Crippen LogP contribution is 2.51. The van der Waals surface area contributed by atoms with Gasteiger partial charge in [0.25, 0.3) is 0 Å². The van der Waals surface area contributed by atoms with Crippen LogP contribution in [0.3, 0.4) is 0 Å². The van der Waals surface area contributed by atoms with Crippen molar-refractivity contribution >= 4 is 0 Å². The molecule has 3 saturated carbocycles. The molecule has 1 aromatic carbocycles. The SMILES string of the molecule is C=CCc1c(F)cc(C2CCC3CC(C4CCC(CCCCCC)CC4)CCC3C2)cc1F. The molecule has 184 valence electrons. The normalized spacial score (nSPS) is 32.3. The summed E-state index contributed by atoms with van der Waals surface area (Å²) in [5.41, 5.74) is 1.05. The van der Waals surface area contributed by atoms with E-state index in [4.69, 9.17) is 0 Å². The lowest BCUT2D eigenvalue weighted by atomic mass is 9.60. The molecule has 0 N–H and O–H groups in total. The van der Waals surface area contributed by atoms with Crippen molar-refractivity contribution in [2.45, 2.75) is 116 Å². The molecule has 0 aromatic heterocycles. The Bertz CT molecular complexity index is 737. The van der Waals surface area contributed by atoms with Gasteiger partial charge in [-0.15, -0.1) is 6.58 Å². The number of unbranched alkanes of at least 4 members (excludes halogenated alkanes) is 3. The molecule has 0 saturated heterocycles. The van der Waals surface area contributed by atoms with Crippen molar-refractivity contribution in [2.24, 2.45) is 29.6 Å². The minimum Gasteiger partial charge on any atom is -0.207 e. The molecule has 4 atom stereocenters. The Labute approximate surface area is 201 Å². The highest BCUT2D eigenvalue weighted by molar-refractivity contribution is 5.30. The van der Waals surface area contributed by atoms with Gasteiger partial charge in [0.05, 0.1) is 0 Å². The third-order valence-corrected chi connectivity index (χ3v) is 9.66. The van der Waals surface area contributed by atoms with E-state index in [1.54, 1.807) is 18.2 Å². The van der Waals surface area contributed by atoms with Crippen molar-refractivity contribution in [1.82, 2.24) is 0 Å². The first-order valence-corrected chi connectivity index (χ1v) is 14.2. The Hall–Kier alpha value is -1.18. The van der Waals surface area contributed by atoms with Crippen LogP contribution < -0.4 is 0 Å². The van der Waals surface area contributed by atoms with E-state index in [2.05, 4.69) is 13.5 Å². The van der Waals surface area contributed by atoms with Crippen molar-refractivity contribution < 1.29 is 8.78 Å². The highest BCUT2D eigenvalue weighted by atomic mass is 19.1. The van der Waals surface area contributed by atoms with E-state index in [0.717, 1.165) is 48.0 Å². The first kappa shape index (κ1) is 24.9. The standard InChI is InChI=1S/C31H46F2/c1-3-5-6-7-9-22-10-12-23(13-11-22)24-14-15-26-19-27(17-16-25(26)18-24)28-20-30(32)29(8-4-2)31(33)21-28/h4,20-27H,2-3,5-19H2,1H3. The molecule has 3 aliphatic carbocycles. The van der Waals surface area contributed by atoms with E-state index in [1.165, 1.54) is 83.5 Å². The van der Waals surface area contributed by atoms with Crippen LogP contribution in [0, 0.1) is 41.2 Å². The van der Waals surface area contributed by atoms with Gasteiger partial charge in [0.1, 0.15) is 11.6 Å². The predicted octanol–water partition coefficient (Wildman–Crippen LogP) is 9.77. The van der Waals surface area contributed by atoms with Gasteiger partial charge in [-0.2, -0.15) is 0 Å². The quantitative estimate of drug-likeness (QED) is 0.256. The average molecular weight is 457 g/mol. The molecule has 2 heteroatoms. The van der Waals surface area contributed by atoms with Crippen LogP contribution in [0.25, 0.3) is 0 Å². The third-order valence-electron chi connectivity index (χ3n) is 9.66. The minimum atomic E-state index is -0.392. The summed E-state index contributed by atoms with van der Waals surface area (Å²) in [5.74, 6) is 4.06. The molecule has 4 rings (SSSR count). The lowest BCUT2D eigenvalue weighted by Gasteiger charge is -2.45. The summed E-state index contributed by atoms with van der Waals surface area (Å²) >= 11 is 0. The molecule has 0 aliphatic heterocycles. The average Bonchev–Trinajstić information content (AvgIpc) is 2.84. The Morgan fingerprint density at radius 3 is 2.06 bits per heavy atom. The van der Waals surface area contributed by atoms with Crippen LogP contribution in [0.5, 0.6) is 0 Å². The molecular formula is C31H46F2. The Kier molecular flexibility index (Phi) is 9.05. The van der Waals surface area contributed by atoms with Gasteiger partial charge in [0.15, 0.2) is 0 Å². The number of allylic oxidation sites excluding steroid dienone is 1. The van der Waals surface area contributed by atoms with E-state index in [0.29, 0.717) is 5.92 Å². The largest absolute Gasteiger partial charge is 0.207 e. The molecule has 1 aromatic rings. The van der Waals surface area contributed by atoms with E-state index in [-0.39, 0.29) is 12.0 Å². The van der Waals surface area contributed by atoms with Crippen molar-refractivity contribution in [3.8, 4) is 0 Å². The summed E-state index contributed by atoms with van der Waals surface area (Å²) in [7, 11) is 0. The molecule has 3 aliphatic rings. The fourth-order valence-electron chi connectivity index (χ4n) is 7.66. The number of hydrogen-bond donors (Lipinski definition) is 0. The fourth-order valence-corrected chi connectivity index (χ4v) is 7.66. The molecule has 0 spiro atoms. The van der Waals surface area contributed by atoms with Gasteiger partial charge in [0, 0.05) is 5.56 Å². The minimum absolute atomic E-state index is 0.165. The lowest BCUT2D eigenvalue weighted by Crippen LogP contribution is -2.34. The van der Waals surface area contributed by atoms with Crippen molar-refractivity contribution in [3.63, 3.8) is 0 Å². The monoisotopic (exact) mass is 456 g/mol. The smallest absolute Gasteiger partial charge is 0.129 e. The van der Waals surface area contributed by atoms with Crippen molar-refractivity contribution in [1.29, 1.82) is 0 Å². The summed E-state index contributed by atoms with van der Waals surface area (Å²) in [5, 5.41) is 0. The van der Waals surface area contributed by atoms with Crippen LogP contribution in [-0.4, -0.2) is 0 Å². The lowest BCUT2D eigenvalue weighted by molar-refractivity contribution is 0.0709. The Balaban J connectivity index is 1.25. The summed E-state index contributed by atoms with van der Waals surface area (Å²) in [6, 6.07) is 3.22. The van der Waals surface area contributed by atoms with Crippen LogP contribution >= 0.6 is 0 Å². The van der Waals surface area contributed by atoms with Crippen molar-refractivity contribution in [2.75, 3.05) is 0 Å². The molecule has 0 radical (unpaired) electrons. The van der Waals surface area contributed by atoms with E-state index in [1.807, 2.05) is 0 Å². The maximum Gasteiger partial charge on any atom is 0.129 e. The number of hydrogen-bond acceptors (Lipinski definition) is 0. The second-order valence-corrected chi connectivity index (χ2v) is 11.7. The third kappa shape index (κ3) is 6.29. The summed E-state index contributed by atoms with van der Waals surface area (Å²) in [6.07, 6.45) is 22.4. The molecule has 0 amide bonds. The van der Waals surface area contributed by atoms with Gasteiger partial charge in [-0.3, -0.25) is 0 Å². The first-order chi connectivity index (χ1) is 16.1. The van der Waals surface area contributed by atoms with Crippen LogP contribution in [0.15, 0.2) is 24.8 Å². The fraction of sp³-hybridized carbons (Fsp3) is 0.742. The molecule has 0 nitrogen and oxygen atoms in total. The predicted molar refractivity (Wildman–Crippen MR) is 135 cm³/mol. The number of fused-ring (bicyclic) bond motifs is 1. The van der Waals surface area contributed by atoms with Gasteiger partial charge in [-0.25, -0.2) is 8.78 Å². The zero-order valence-electron chi connectivity index (χ0n) is 21.0. The topological polar surface area (TPSA) is 0 Å². The highest BCUT2D eigenvalue weighted by Gasteiger charge is 2.39. The van der Waals surface area contributed by atoms with Crippen LogP contribution in [0.2, 0.25) is 0 Å². The molecule has 33 heavy (non-hydrogen) atoms. The summed E-state index contributed by atoms with van der Waals surface area (Å²) < 4.78 is 29.0. The van der Waals surface area contributed by atoms with Crippen LogP contribution in [0.4, 0.5) is 8.78 Å². The van der Waals surface area contributed by atoms with E-state index >= 15 is 0 Å². The summed E-state index contributed by atoms with van der Waals surface area (Å²) in [4.78, 5) is 0. The molecular weight excluding hydrogens is 410 g/mol. The zero-order chi connectivity index (χ0) is 23.2. The van der Waals surface area contributed by atoms with Crippen LogP contribution in [-0.2, 0) is 6.42 Å². The maximum absolute atomic E-state index is 14.5. The van der Waals surface area contributed by atoms with Crippen LogP contribution in [0.1, 0.15) is 120 Å².